The van der Waals surface area contributed by atoms with E-state index in [2.05, 4.69) is 9.71 Å². The molecule has 0 saturated carbocycles. The molecule has 1 aromatic carbocycles. The van der Waals surface area contributed by atoms with Crippen LogP contribution in [0.3, 0.4) is 0 Å². The third kappa shape index (κ3) is 5.03. The van der Waals surface area contributed by atoms with Crippen LogP contribution in [0.15, 0.2) is 35.7 Å². The Balaban J connectivity index is 1.80. The molecule has 9 heteroatoms. The van der Waals surface area contributed by atoms with Crippen molar-refractivity contribution < 1.29 is 17.9 Å². The number of carbonyl (C=O) groups is 1. The van der Waals surface area contributed by atoms with Crippen LogP contribution in [-0.4, -0.2) is 43.7 Å². The molecule has 1 aliphatic heterocycles. The normalized spacial score (nSPS) is 16.3. The minimum atomic E-state index is -3.58. The molecule has 1 aromatic heterocycles. The van der Waals surface area contributed by atoms with E-state index in [4.69, 9.17) is 4.74 Å². The largest absolute Gasteiger partial charge is 0.422 e. The topological polar surface area (TPSA) is 88.6 Å². The van der Waals surface area contributed by atoms with Crippen molar-refractivity contribution in [2.24, 2.45) is 0 Å². The van der Waals surface area contributed by atoms with Crippen LogP contribution in [0.4, 0.5) is 4.79 Å². The second kappa shape index (κ2) is 8.15. The van der Waals surface area contributed by atoms with E-state index in [1.807, 2.05) is 35.7 Å². The number of carbonyl (C=O) groups excluding carboxylic acids is 1. The van der Waals surface area contributed by atoms with Gasteiger partial charge in [-0.15, -0.1) is 11.3 Å². The van der Waals surface area contributed by atoms with Gasteiger partial charge in [0.05, 0.1) is 11.9 Å². The fraction of sp³-hybridized carbons (Fsp3) is 0.412. The molecule has 140 valence electrons. The van der Waals surface area contributed by atoms with E-state index in [1.165, 1.54) is 11.3 Å². The van der Waals surface area contributed by atoms with Crippen molar-refractivity contribution in [3.63, 3.8) is 0 Å². The van der Waals surface area contributed by atoms with Crippen LogP contribution in [-0.2, 0) is 14.8 Å². The number of thiazole rings is 1. The van der Waals surface area contributed by atoms with E-state index in [-0.39, 0.29) is 0 Å². The zero-order chi connectivity index (χ0) is 18.6. The Labute approximate surface area is 157 Å². The number of benzene rings is 1. The summed E-state index contributed by atoms with van der Waals surface area (Å²) in [5.41, 5.74) is 1.62. The SMILES string of the molecule is CS(=O)(=O)NC(OC(=O)N1CCCCC1)c1nc(-c2ccccc2)cs1. The van der Waals surface area contributed by atoms with E-state index < -0.39 is 22.3 Å². The molecule has 1 fully saturated rings. The fourth-order valence-corrected chi connectivity index (χ4v) is 4.15. The lowest BCUT2D eigenvalue weighted by molar-refractivity contribution is 0.0526. The van der Waals surface area contributed by atoms with Crippen molar-refractivity contribution in [2.45, 2.75) is 25.5 Å². The summed E-state index contributed by atoms with van der Waals surface area (Å²) in [5.74, 6) is 0. The number of hydrogen-bond acceptors (Lipinski definition) is 6. The molecule has 2 heterocycles. The van der Waals surface area contributed by atoms with Crippen molar-refractivity contribution in [3.05, 3.63) is 40.7 Å². The predicted octanol–water partition coefficient (Wildman–Crippen LogP) is 2.98. The van der Waals surface area contributed by atoms with Gasteiger partial charge in [0.25, 0.3) is 0 Å². The molecule has 1 aliphatic rings. The molecule has 0 bridgehead atoms. The highest BCUT2D eigenvalue weighted by atomic mass is 32.2. The van der Waals surface area contributed by atoms with Gasteiger partial charge in [-0.2, -0.15) is 4.72 Å². The van der Waals surface area contributed by atoms with E-state index in [0.29, 0.717) is 23.8 Å². The minimum Gasteiger partial charge on any atom is -0.422 e. The van der Waals surface area contributed by atoms with Gasteiger partial charge in [0.2, 0.25) is 16.3 Å². The Morgan fingerprint density at radius 3 is 2.58 bits per heavy atom. The number of nitrogens with one attached hydrogen (secondary N) is 1. The van der Waals surface area contributed by atoms with Gasteiger partial charge in [0.1, 0.15) is 0 Å². The molecule has 7 nitrogen and oxygen atoms in total. The van der Waals surface area contributed by atoms with Gasteiger partial charge in [0, 0.05) is 24.0 Å². The number of ether oxygens (including phenoxy) is 1. The van der Waals surface area contributed by atoms with Gasteiger partial charge in [-0.25, -0.2) is 18.2 Å². The van der Waals surface area contributed by atoms with Crippen LogP contribution in [0.5, 0.6) is 0 Å². The predicted molar refractivity (Wildman–Crippen MR) is 100 cm³/mol. The van der Waals surface area contributed by atoms with Gasteiger partial charge in [-0.05, 0) is 19.3 Å². The molecule has 3 rings (SSSR count). The van der Waals surface area contributed by atoms with Crippen LogP contribution in [0.2, 0.25) is 0 Å². The Morgan fingerprint density at radius 2 is 1.92 bits per heavy atom. The molecule has 0 aliphatic carbocycles. The molecule has 1 amide bonds. The molecule has 1 saturated heterocycles. The number of sulfonamides is 1. The van der Waals surface area contributed by atoms with Gasteiger partial charge < -0.3 is 9.64 Å². The molecule has 2 aromatic rings. The maximum absolute atomic E-state index is 12.4. The molecule has 26 heavy (non-hydrogen) atoms. The standard InChI is InChI=1S/C17H21N3O4S2/c1-26(22,23)19-15(24-17(21)20-10-6-3-7-11-20)16-18-14(12-25-16)13-8-4-2-5-9-13/h2,4-5,8-9,12,15,19H,3,6-7,10-11H2,1H3. The first-order chi connectivity index (χ1) is 12.4. The van der Waals surface area contributed by atoms with Crippen LogP contribution in [0.25, 0.3) is 11.3 Å². The van der Waals surface area contributed by atoms with E-state index >= 15 is 0 Å². The molecule has 1 N–H and O–H groups in total. The quantitative estimate of drug-likeness (QED) is 0.786. The maximum Gasteiger partial charge on any atom is 0.411 e. The summed E-state index contributed by atoms with van der Waals surface area (Å²) >= 11 is 1.25. The Bertz CT molecular complexity index is 846. The number of amides is 1. The highest BCUT2D eigenvalue weighted by molar-refractivity contribution is 7.88. The lowest BCUT2D eigenvalue weighted by Gasteiger charge is -2.27. The Morgan fingerprint density at radius 1 is 1.23 bits per heavy atom. The Hall–Kier alpha value is -1.97. The number of hydrogen-bond donors (Lipinski definition) is 1. The third-order valence-electron chi connectivity index (χ3n) is 3.97. The first-order valence-electron chi connectivity index (χ1n) is 8.36. The molecule has 0 radical (unpaired) electrons. The molecule has 1 unspecified atom stereocenters. The van der Waals surface area contributed by atoms with Gasteiger partial charge in [-0.1, -0.05) is 30.3 Å². The van der Waals surface area contributed by atoms with Crippen LogP contribution in [0.1, 0.15) is 30.5 Å². The van der Waals surface area contributed by atoms with Gasteiger partial charge >= 0.3 is 6.09 Å². The average molecular weight is 396 g/mol. The van der Waals surface area contributed by atoms with Crippen molar-refractivity contribution in [3.8, 4) is 11.3 Å². The summed E-state index contributed by atoms with van der Waals surface area (Å²) in [5, 5.41) is 2.20. The number of nitrogens with zero attached hydrogens (tertiary/aromatic N) is 2. The fourth-order valence-electron chi connectivity index (χ4n) is 2.72. The zero-order valence-corrected chi connectivity index (χ0v) is 16.1. The second-order valence-electron chi connectivity index (χ2n) is 6.14. The van der Waals surface area contributed by atoms with Crippen LogP contribution >= 0.6 is 11.3 Å². The summed E-state index contributed by atoms with van der Waals surface area (Å²) < 4.78 is 31.2. The molecule has 0 spiro atoms. The number of piperidine rings is 1. The third-order valence-corrected chi connectivity index (χ3v) is 5.50. The highest BCUT2D eigenvalue weighted by Gasteiger charge is 2.27. The number of rotatable bonds is 5. The van der Waals surface area contributed by atoms with E-state index in [9.17, 15) is 13.2 Å². The smallest absolute Gasteiger partial charge is 0.411 e. The summed E-state index contributed by atoms with van der Waals surface area (Å²) in [4.78, 5) is 18.5. The summed E-state index contributed by atoms with van der Waals surface area (Å²) in [6, 6.07) is 9.54. The first-order valence-corrected chi connectivity index (χ1v) is 11.1. The van der Waals surface area contributed by atoms with Crippen molar-refractivity contribution in [1.29, 1.82) is 0 Å². The second-order valence-corrected chi connectivity index (χ2v) is 8.81. The van der Waals surface area contributed by atoms with Crippen molar-refractivity contribution >= 4 is 27.5 Å². The van der Waals surface area contributed by atoms with Crippen LogP contribution in [0, 0.1) is 0 Å². The summed E-state index contributed by atoms with van der Waals surface area (Å²) in [6.07, 6.45) is 2.30. The maximum atomic E-state index is 12.4. The summed E-state index contributed by atoms with van der Waals surface area (Å²) in [7, 11) is -3.58. The van der Waals surface area contributed by atoms with E-state index in [1.54, 1.807) is 4.90 Å². The van der Waals surface area contributed by atoms with Crippen molar-refractivity contribution in [1.82, 2.24) is 14.6 Å². The lowest BCUT2D eigenvalue weighted by Crippen LogP contribution is -2.39. The zero-order valence-electron chi connectivity index (χ0n) is 14.4. The lowest BCUT2D eigenvalue weighted by atomic mass is 10.1. The van der Waals surface area contributed by atoms with Crippen LogP contribution < -0.4 is 4.72 Å². The first kappa shape index (κ1) is 18.8. The minimum absolute atomic E-state index is 0.389. The van der Waals surface area contributed by atoms with Gasteiger partial charge in [0.15, 0.2) is 5.01 Å². The molecular formula is C17H21N3O4S2. The highest BCUT2D eigenvalue weighted by Crippen LogP contribution is 2.27. The Kier molecular flexibility index (Phi) is 5.90. The van der Waals surface area contributed by atoms with E-state index in [0.717, 1.165) is 31.1 Å². The van der Waals surface area contributed by atoms with Crippen molar-refractivity contribution in [2.75, 3.05) is 19.3 Å². The molecule has 1 atom stereocenters. The average Bonchev–Trinajstić information content (AvgIpc) is 3.12. The van der Waals surface area contributed by atoms with Gasteiger partial charge in [-0.3, -0.25) is 0 Å². The number of aromatic nitrogens is 1. The molecular weight excluding hydrogens is 374 g/mol. The number of likely N-dealkylation sites (tertiary alicyclic amines) is 1. The monoisotopic (exact) mass is 395 g/mol. The summed E-state index contributed by atoms with van der Waals surface area (Å²) in [6.45, 7) is 1.25.